The third-order valence-electron chi connectivity index (χ3n) is 4.75. The number of rotatable bonds is 3. The van der Waals surface area contributed by atoms with Gasteiger partial charge in [0.1, 0.15) is 5.75 Å². The molecule has 1 fully saturated rings. The minimum absolute atomic E-state index is 0.240. The Hall–Kier alpha value is -1.42. The number of hydrogen-bond acceptors (Lipinski definition) is 4. The minimum atomic E-state index is 0.240. The molecule has 2 aliphatic rings. The van der Waals surface area contributed by atoms with Crippen molar-refractivity contribution < 1.29 is 14.6 Å². The summed E-state index contributed by atoms with van der Waals surface area (Å²) in [6.07, 6.45) is 3.72. The summed E-state index contributed by atoms with van der Waals surface area (Å²) in [5.74, 6) is 3.23. The Labute approximate surface area is 120 Å². The van der Waals surface area contributed by atoms with Gasteiger partial charge in [0.05, 0.1) is 0 Å². The molecule has 3 atom stereocenters. The van der Waals surface area contributed by atoms with E-state index in [-0.39, 0.29) is 12.5 Å². The molecule has 0 aromatic heterocycles. The lowest BCUT2D eigenvalue weighted by Crippen LogP contribution is -2.35. The van der Waals surface area contributed by atoms with E-state index in [0.717, 1.165) is 23.1 Å². The zero-order valence-corrected chi connectivity index (χ0v) is 12.2. The van der Waals surface area contributed by atoms with Gasteiger partial charge in [0.15, 0.2) is 11.5 Å². The molecule has 3 unspecified atom stereocenters. The average Bonchev–Trinajstić information content (AvgIpc) is 2.87. The Bertz CT molecular complexity index is 489. The molecule has 3 rings (SSSR count). The van der Waals surface area contributed by atoms with Gasteiger partial charge in [-0.15, -0.1) is 0 Å². The van der Waals surface area contributed by atoms with E-state index in [1.54, 1.807) is 6.07 Å². The van der Waals surface area contributed by atoms with E-state index in [1.807, 2.05) is 6.07 Å². The molecule has 20 heavy (non-hydrogen) atoms. The van der Waals surface area contributed by atoms with Gasteiger partial charge in [-0.3, -0.25) is 0 Å². The first-order valence-electron chi connectivity index (χ1n) is 7.48. The van der Waals surface area contributed by atoms with Crippen LogP contribution in [0.1, 0.15) is 38.7 Å². The predicted octanol–water partition coefficient (Wildman–Crippen LogP) is 3.04. The molecule has 110 valence electrons. The summed E-state index contributed by atoms with van der Waals surface area (Å²) in [6.45, 7) is 5.58. The van der Waals surface area contributed by atoms with E-state index in [0.29, 0.717) is 18.3 Å². The van der Waals surface area contributed by atoms with Crippen LogP contribution < -0.4 is 14.8 Å². The monoisotopic (exact) mass is 277 g/mol. The topological polar surface area (TPSA) is 50.7 Å². The van der Waals surface area contributed by atoms with E-state index < -0.39 is 0 Å². The lowest BCUT2D eigenvalue weighted by Gasteiger charge is -2.32. The number of benzene rings is 1. The van der Waals surface area contributed by atoms with Crippen molar-refractivity contribution >= 4 is 0 Å². The Kier molecular flexibility index (Phi) is 3.74. The number of hydrogen-bond donors (Lipinski definition) is 2. The predicted molar refractivity (Wildman–Crippen MR) is 77.0 cm³/mol. The van der Waals surface area contributed by atoms with Gasteiger partial charge in [-0.2, -0.15) is 0 Å². The van der Waals surface area contributed by atoms with Gasteiger partial charge >= 0.3 is 0 Å². The van der Waals surface area contributed by atoms with Crippen molar-refractivity contribution in [2.24, 2.45) is 11.8 Å². The molecule has 1 heterocycles. The number of aromatic hydroxyl groups is 1. The second-order valence-electron chi connectivity index (χ2n) is 6.18. The van der Waals surface area contributed by atoms with E-state index in [2.05, 4.69) is 19.2 Å². The maximum Gasteiger partial charge on any atom is 0.231 e. The van der Waals surface area contributed by atoms with Crippen molar-refractivity contribution in [2.75, 3.05) is 6.79 Å². The first-order valence-corrected chi connectivity index (χ1v) is 7.48. The summed E-state index contributed by atoms with van der Waals surface area (Å²) in [5.41, 5.74) is 0.875. The maximum absolute atomic E-state index is 10.0. The lowest BCUT2D eigenvalue weighted by molar-refractivity contribution is 0.174. The molecule has 0 amide bonds. The number of phenolic OH excluding ortho intramolecular Hbond substituents is 1. The Morgan fingerprint density at radius 2 is 1.90 bits per heavy atom. The SMILES string of the molecule is CC1CCC(NCc2cc3c(cc2O)OCO3)CC1C. The number of fused-ring (bicyclic) bond motifs is 1. The van der Waals surface area contributed by atoms with E-state index >= 15 is 0 Å². The smallest absolute Gasteiger partial charge is 0.231 e. The molecule has 1 aromatic carbocycles. The Morgan fingerprint density at radius 1 is 1.15 bits per heavy atom. The highest BCUT2D eigenvalue weighted by Gasteiger charge is 2.24. The highest BCUT2D eigenvalue weighted by Crippen LogP contribution is 2.37. The highest BCUT2D eigenvalue weighted by atomic mass is 16.7. The summed E-state index contributed by atoms with van der Waals surface area (Å²) in [4.78, 5) is 0. The standard InChI is InChI=1S/C16H23NO3/c1-10-3-4-13(5-11(10)2)17-8-12-6-15-16(7-14(12)18)20-9-19-15/h6-7,10-11,13,17-18H,3-5,8-9H2,1-2H3. The third kappa shape index (κ3) is 2.70. The van der Waals surface area contributed by atoms with Gasteiger partial charge < -0.3 is 19.9 Å². The Morgan fingerprint density at radius 3 is 2.65 bits per heavy atom. The van der Waals surface area contributed by atoms with Gasteiger partial charge in [0, 0.05) is 24.2 Å². The van der Waals surface area contributed by atoms with Crippen LogP contribution in [0.2, 0.25) is 0 Å². The van der Waals surface area contributed by atoms with Crippen molar-refractivity contribution in [3.05, 3.63) is 17.7 Å². The van der Waals surface area contributed by atoms with E-state index in [9.17, 15) is 5.11 Å². The van der Waals surface area contributed by atoms with Crippen molar-refractivity contribution in [1.82, 2.24) is 5.32 Å². The van der Waals surface area contributed by atoms with Gasteiger partial charge in [0.25, 0.3) is 0 Å². The molecule has 1 saturated carbocycles. The summed E-state index contributed by atoms with van der Waals surface area (Å²) < 4.78 is 10.6. The molecule has 2 N–H and O–H groups in total. The van der Waals surface area contributed by atoms with Crippen LogP contribution in [0.4, 0.5) is 0 Å². The molecular weight excluding hydrogens is 254 g/mol. The summed E-state index contributed by atoms with van der Waals surface area (Å²) in [7, 11) is 0. The third-order valence-corrected chi connectivity index (χ3v) is 4.75. The largest absolute Gasteiger partial charge is 0.507 e. The number of ether oxygens (including phenoxy) is 2. The molecule has 1 aliphatic heterocycles. The Balaban J connectivity index is 1.61. The average molecular weight is 277 g/mol. The van der Waals surface area contributed by atoms with Crippen LogP contribution >= 0.6 is 0 Å². The van der Waals surface area contributed by atoms with Crippen LogP contribution in [0.15, 0.2) is 12.1 Å². The molecule has 0 spiro atoms. The highest BCUT2D eigenvalue weighted by molar-refractivity contribution is 5.51. The molecule has 0 radical (unpaired) electrons. The second-order valence-corrected chi connectivity index (χ2v) is 6.18. The quantitative estimate of drug-likeness (QED) is 0.891. The fraction of sp³-hybridized carbons (Fsp3) is 0.625. The summed E-state index contributed by atoms with van der Waals surface area (Å²) in [5, 5.41) is 13.6. The fourth-order valence-electron chi connectivity index (χ4n) is 3.10. The molecule has 1 aromatic rings. The van der Waals surface area contributed by atoms with Crippen LogP contribution in [0.3, 0.4) is 0 Å². The lowest BCUT2D eigenvalue weighted by atomic mass is 9.79. The van der Waals surface area contributed by atoms with Crippen LogP contribution in [-0.2, 0) is 6.54 Å². The number of phenols is 1. The van der Waals surface area contributed by atoms with Gasteiger partial charge in [0.2, 0.25) is 6.79 Å². The molecule has 0 saturated heterocycles. The van der Waals surface area contributed by atoms with Crippen molar-refractivity contribution in [2.45, 2.75) is 45.7 Å². The molecule has 4 heteroatoms. The van der Waals surface area contributed by atoms with E-state index in [1.165, 1.54) is 19.3 Å². The van der Waals surface area contributed by atoms with E-state index in [4.69, 9.17) is 9.47 Å². The van der Waals surface area contributed by atoms with Crippen LogP contribution in [0.5, 0.6) is 17.2 Å². The summed E-state index contributed by atoms with van der Waals surface area (Å²) >= 11 is 0. The second kappa shape index (κ2) is 5.52. The number of nitrogens with one attached hydrogen (secondary N) is 1. The van der Waals surface area contributed by atoms with Crippen LogP contribution in [-0.4, -0.2) is 17.9 Å². The van der Waals surface area contributed by atoms with Gasteiger partial charge in [-0.05, 0) is 37.2 Å². The summed E-state index contributed by atoms with van der Waals surface area (Å²) in [6, 6.07) is 4.07. The normalized spacial score (nSPS) is 28.6. The minimum Gasteiger partial charge on any atom is -0.507 e. The zero-order chi connectivity index (χ0) is 14.1. The maximum atomic E-state index is 10.0. The van der Waals surface area contributed by atoms with Crippen molar-refractivity contribution in [3.63, 3.8) is 0 Å². The van der Waals surface area contributed by atoms with Crippen molar-refractivity contribution in [1.29, 1.82) is 0 Å². The molecular formula is C16H23NO3. The van der Waals surface area contributed by atoms with Gasteiger partial charge in [-0.1, -0.05) is 13.8 Å². The zero-order valence-electron chi connectivity index (χ0n) is 12.2. The van der Waals surface area contributed by atoms with Crippen LogP contribution in [0, 0.1) is 11.8 Å². The van der Waals surface area contributed by atoms with Crippen molar-refractivity contribution in [3.8, 4) is 17.2 Å². The first kappa shape index (κ1) is 13.6. The molecule has 4 nitrogen and oxygen atoms in total. The van der Waals surface area contributed by atoms with Crippen LogP contribution in [0.25, 0.3) is 0 Å². The molecule has 1 aliphatic carbocycles. The first-order chi connectivity index (χ1) is 9.63. The fourth-order valence-corrected chi connectivity index (χ4v) is 3.10. The molecule has 0 bridgehead atoms. The van der Waals surface area contributed by atoms with Gasteiger partial charge in [-0.25, -0.2) is 0 Å².